The number of carbonyl (C=O) groups is 2. The summed E-state index contributed by atoms with van der Waals surface area (Å²) in [6.07, 6.45) is 0.232. The third-order valence-electron chi connectivity index (χ3n) is 4.25. The maximum Gasteiger partial charge on any atom is 0.224 e. The van der Waals surface area contributed by atoms with Crippen molar-refractivity contribution in [2.45, 2.75) is 13.3 Å². The monoisotopic (exact) mass is 366 g/mol. The molecule has 1 aromatic carbocycles. The summed E-state index contributed by atoms with van der Waals surface area (Å²) < 4.78 is 21.2. The Morgan fingerprint density at radius 2 is 1.65 bits per heavy atom. The molecule has 144 valence electrons. The molecule has 0 radical (unpaired) electrons. The second-order valence-corrected chi connectivity index (χ2v) is 5.80. The number of ether oxygens (including phenoxy) is 4. The smallest absolute Gasteiger partial charge is 0.224 e. The van der Waals surface area contributed by atoms with E-state index in [1.165, 1.54) is 33.2 Å². The van der Waals surface area contributed by atoms with Gasteiger partial charge in [0.25, 0.3) is 0 Å². The van der Waals surface area contributed by atoms with Crippen molar-refractivity contribution in [3.05, 3.63) is 12.1 Å². The number of benzene rings is 1. The zero-order valence-electron chi connectivity index (χ0n) is 15.7. The molecule has 0 bridgehead atoms. The number of anilines is 1. The average Bonchev–Trinajstić information content (AvgIpc) is 2.67. The highest BCUT2D eigenvalue weighted by Crippen LogP contribution is 2.41. The van der Waals surface area contributed by atoms with Crippen LogP contribution in [0.5, 0.6) is 17.2 Å². The van der Waals surface area contributed by atoms with Crippen LogP contribution < -0.4 is 19.1 Å². The molecular formula is C18H26N2O6. The van der Waals surface area contributed by atoms with Gasteiger partial charge >= 0.3 is 0 Å². The number of morpholine rings is 1. The first-order valence-corrected chi connectivity index (χ1v) is 8.45. The summed E-state index contributed by atoms with van der Waals surface area (Å²) in [6.45, 7) is 4.00. The molecule has 1 fully saturated rings. The summed E-state index contributed by atoms with van der Waals surface area (Å²) in [5.74, 6) is 1.19. The predicted molar refractivity (Wildman–Crippen MR) is 96.1 cm³/mol. The minimum Gasteiger partial charge on any atom is -0.493 e. The van der Waals surface area contributed by atoms with E-state index in [4.69, 9.17) is 18.9 Å². The molecule has 0 N–H and O–H groups in total. The van der Waals surface area contributed by atoms with Gasteiger partial charge in [0.1, 0.15) is 0 Å². The lowest BCUT2D eigenvalue weighted by Crippen LogP contribution is -2.42. The highest BCUT2D eigenvalue weighted by Gasteiger charge is 2.22. The number of hydrogen-bond donors (Lipinski definition) is 0. The Balaban J connectivity index is 2.18. The van der Waals surface area contributed by atoms with Crippen LogP contribution in [-0.4, -0.2) is 70.9 Å². The van der Waals surface area contributed by atoms with Gasteiger partial charge in [-0.2, -0.15) is 0 Å². The van der Waals surface area contributed by atoms with E-state index in [0.717, 1.165) is 0 Å². The fourth-order valence-electron chi connectivity index (χ4n) is 2.87. The zero-order valence-corrected chi connectivity index (χ0v) is 15.7. The van der Waals surface area contributed by atoms with Crippen molar-refractivity contribution >= 4 is 17.5 Å². The van der Waals surface area contributed by atoms with Crippen molar-refractivity contribution in [1.82, 2.24) is 4.90 Å². The van der Waals surface area contributed by atoms with Gasteiger partial charge in [0.2, 0.25) is 17.6 Å². The first kappa shape index (κ1) is 19.8. The molecule has 8 heteroatoms. The number of rotatable bonds is 7. The van der Waals surface area contributed by atoms with E-state index in [0.29, 0.717) is 49.2 Å². The van der Waals surface area contributed by atoms with E-state index in [9.17, 15) is 9.59 Å². The first-order valence-electron chi connectivity index (χ1n) is 8.45. The fraction of sp³-hybridized carbons (Fsp3) is 0.556. The Labute approximate surface area is 153 Å². The normalized spacial score (nSPS) is 13.9. The maximum atomic E-state index is 12.4. The summed E-state index contributed by atoms with van der Waals surface area (Å²) in [6, 6.07) is 3.39. The molecule has 1 saturated heterocycles. The van der Waals surface area contributed by atoms with Crippen molar-refractivity contribution in [1.29, 1.82) is 0 Å². The van der Waals surface area contributed by atoms with Crippen LogP contribution in [0.25, 0.3) is 0 Å². The summed E-state index contributed by atoms with van der Waals surface area (Å²) in [5, 5.41) is 0. The number of nitrogens with zero attached hydrogens (tertiary/aromatic N) is 2. The van der Waals surface area contributed by atoms with Crippen molar-refractivity contribution in [3.63, 3.8) is 0 Å². The van der Waals surface area contributed by atoms with Gasteiger partial charge in [-0.05, 0) is 0 Å². The molecule has 8 nitrogen and oxygen atoms in total. The lowest BCUT2D eigenvalue weighted by atomic mass is 10.2. The van der Waals surface area contributed by atoms with Crippen LogP contribution in [0.3, 0.4) is 0 Å². The van der Waals surface area contributed by atoms with E-state index in [2.05, 4.69) is 0 Å². The van der Waals surface area contributed by atoms with Crippen LogP contribution in [0.15, 0.2) is 12.1 Å². The molecule has 0 saturated carbocycles. The van der Waals surface area contributed by atoms with Crippen LogP contribution >= 0.6 is 0 Å². The lowest BCUT2D eigenvalue weighted by molar-refractivity contribution is -0.135. The van der Waals surface area contributed by atoms with Crippen LogP contribution in [0.1, 0.15) is 13.3 Å². The van der Waals surface area contributed by atoms with Crippen LogP contribution in [0.4, 0.5) is 5.69 Å². The van der Waals surface area contributed by atoms with Crippen LogP contribution in [0.2, 0.25) is 0 Å². The van der Waals surface area contributed by atoms with Gasteiger partial charge in [-0.1, -0.05) is 0 Å². The number of methoxy groups -OCH3 is 3. The van der Waals surface area contributed by atoms with Crippen LogP contribution in [-0.2, 0) is 14.3 Å². The SMILES string of the molecule is COc1cc(N(CCC(=O)N2CCOCC2)C(C)=O)cc(OC)c1OC. The number of amides is 2. The standard InChI is InChI=1S/C18H26N2O6/c1-13(21)20(6-5-17(22)19-7-9-26-10-8-19)14-11-15(23-2)18(25-4)16(12-14)24-3/h11-12H,5-10H2,1-4H3. The Hall–Kier alpha value is -2.48. The third-order valence-corrected chi connectivity index (χ3v) is 4.25. The number of carbonyl (C=O) groups excluding carboxylic acids is 2. The van der Waals surface area contributed by atoms with Gasteiger partial charge in [0.05, 0.1) is 40.2 Å². The summed E-state index contributed by atoms with van der Waals surface area (Å²) in [4.78, 5) is 27.8. The molecule has 0 aromatic heterocycles. The van der Waals surface area contributed by atoms with Crippen molar-refractivity contribution in [3.8, 4) is 17.2 Å². The van der Waals surface area contributed by atoms with Crippen molar-refractivity contribution in [2.24, 2.45) is 0 Å². The molecule has 2 rings (SSSR count). The molecule has 26 heavy (non-hydrogen) atoms. The maximum absolute atomic E-state index is 12.4. The van der Waals surface area contributed by atoms with E-state index in [1.807, 2.05) is 0 Å². The van der Waals surface area contributed by atoms with E-state index in [1.54, 1.807) is 17.0 Å². The molecular weight excluding hydrogens is 340 g/mol. The third kappa shape index (κ3) is 4.57. The topological polar surface area (TPSA) is 77.5 Å². The van der Waals surface area contributed by atoms with Gasteiger partial charge in [-0.15, -0.1) is 0 Å². The minimum absolute atomic E-state index is 0.00647. The fourth-order valence-corrected chi connectivity index (χ4v) is 2.87. The molecule has 0 aliphatic carbocycles. The molecule has 0 atom stereocenters. The van der Waals surface area contributed by atoms with Crippen LogP contribution in [0, 0.1) is 0 Å². The Bertz CT molecular complexity index is 618. The van der Waals surface area contributed by atoms with Crippen molar-refractivity contribution in [2.75, 3.05) is 59.1 Å². The van der Waals surface area contributed by atoms with Gasteiger partial charge in [0, 0.05) is 45.1 Å². The second kappa shape index (κ2) is 9.28. The molecule has 1 heterocycles. The summed E-state index contributed by atoms with van der Waals surface area (Å²) in [7, 11) is 4.55. The van der Waals surface area contributed by atoms with Gasteiger partial charge in [-0.3, -0.25) is 9.59 Å². The zero-order chi connectivity index (χ0) is 19.1. The molecule has 1 aromatic rings. The van der Waals surface area contributed by atoms with E-state index in [-0.39, 0.29) is 24.8 Å². The Morgan fingerprint density at radius 1 is 1.08 bits per heavy atom. The largest absolute Gasteiger partial charge is 0.493 e. The van der Waals surface area contributed by atoms with Gasteiger partial charge < -0.3 is 28.7 Å². The lowest BCUT2D eigenvalue weighted by Gasteiger charge is -2.28. The second-order valence-electron chi connectivity index (χ2n) is 5.80. The van der Waals surface area contributed by atoms with Gasteiger partial charge in [0.15, 0.2) is 11.5 Å². The van der Waals surface area contributed by atoms with E-state index >= 15 is 0 Å². The summed E-state index contributed by atoms with van der Waals surface area (Å²) in [5.41, 5.74) is 0.585. The highest BCUT2D eigenvalue weighted by molar-refractivity contribution is 5.93. The summed E-state index contributed by atoms with van der Waals surface area (Å²) >= 11 is 0. The number of hydrogen-bond acceptors (Lipinski definition) is 6. The molecule has 1 aliphatic heterocycles. The highest BCUT2D eigenvalue weighted by atomic mass is 16.5. The molecule has 1 aliphatic rings. The molecule has 0 unspecified atom stereocenters. The molecule has 2 amide bonds. The average molecular weight is 366 g/mol. The first-order chi connectivity index (χ1) is 12.5. The Kier molecular flexibility index (Phi) is 7.08. The van der Waals surface area contributed by atoms with Gasteiger partial charge in [-0.25, -0.2) is 0 Å². The molecule has 0 spiro atoms. The van der Waals surface area contributed by atoms with Crippen molar-refractivity contribution < 1.29 is 28.5 Å². The predicted octanol–water partition coefficient (Wildman–Crippen LogP) is 1.31. The Morgan fingerprint density at radius 3 is 2.12 bits per heavy atom. The van der Waals surface area contributed by atoms with E-state index < -0.39 is 0 Å². The quantitative estimate of drug-likeness (QED) is 0.724. The minimum atomic E-state index is -0.172.